The number of carbonyl (C=O) groups is 1. The second-order valence-corrected chi connectivity index (χ2v) is 10.8. The van der Waals surface area contributed by atoms with Crippen molar-refractivity contribution in [1.29, 1.82) is 0 Å². The number of nitrogens with zero attached hydrogens (tertiary/aromatic N) is 1. The molecule has 0 aliphatic carbocycles. The Bertz CT molecular complexity index is 1220. The first-order valence-corrected chi connectivity index (χ1v) is 12.7. The summed E-state index contributed by atoms with van der Waals surface area (Å²) in [6.07, 6.45) is 0.399. The summed E-state index contributed by atoms with van der Waals surface area (Å²) in [6.45, 7) is 0.244. The van der Waals surface area contributed by atoms with Gasteiger partial charge >= 0.3 is 0 Å². The minimum absolute atomic E-state index is 0.0327. The fraction of sp³-hybridized carbons (Fsp3) is 0.261. The van der Waals surface area contributed by atoms with Crippen molar-refractivity contribution in [2.45, 2.75) is 28.4 Å². The lowest BCUT2D eigenvalue weighted by molar-refractivity contribution is -0.124. The fourth-order valence-electron chi connectivity index (χ4n) is 3.89. The number of carbonyl (C=O) groups excluding carboxylic acids is 1. The molecule has 1 aliphatic rings. The van der Waals surface area contributed by atoms with Gasteiger partial charge in [-0.2, -0.15) is 16.1 Å². The van der Waals surface area contributed by atoms with Gasteiger partial charge in [-0.1, -0.05) is 42.5 Å². The molecule has 1 amide bonds. The van der Waals surface area contributed by atoms with Gasteiger partial charge in [-0.15, -0.1) is 0 Å². The largest absolute Gasteiger partial charge is 0.497 e. The van der Waals surface area contributed by atoms with Crippen LogP contribution in [0.5, 0.6) is 5.75 Å². The van der Waals surface area contributed by atoms with E-state index < -0.39 is 22.0 Å². The van der Waals surface area contributed by atoms with Gasteiger partial charge in [0.2, 0.25) is 10.0 Å². The number of methoxy groups -OCH3 is 1. The van der Waals surface area contributed by atoms with E-state index in [-0.39, 0.29) is 16.7 Å². The normalized spacial score (nSPS) is 19.2. The van der Waals surface area contributed by atoms with E-state index >= 15 is 0 Å². The average Bonchev–Trinajstić information content (AvgIpc) is 3.27. The van der Waals surface area contributed by atoms with Gasteiger partial charge in [-0.25, -0.2) is 14.3 Å². The summed E-state index contributed by atoms with van der Waals surface area (Å²) >= 11 is 1.63. The highest BCUT2D eigenvalue weighted by molar-refractivity contribution is 7.99. The van der Waals surface area contributed by atoms with E-state index in [0.717, 1.165) is 22.1 Å². The number of rotatable bonds is 7. The van der Waals surface area contributed by atoms with Crippen LogP contribution in [0.1, 0.15) is 12.0 Å². The number of hydrazine groups is 1. The molecule has 32 heavy (non-hydrogen) atoms. The smallest absolute Gasteiger partial charge is 0.252 e. The van der Waals surface area contributed by atoms with Crippen LogP contribution in [0, 0.1) is 0 Å². The Kier molecular flexibility index (Phi) is 6.71. The predicted octanol–water partition coefficient (Wildman–Crippen LogP) is 2.90. The van der Waals surface area contributed by atoms with Crippen molar-refractivity contribution in [1.82, 2.24) is 9.73 Å². The predicted molar refractivity (Wildman–Crippen MR) is 127 cm³/mol. The van der Waals surface area contributed by atoms with Crippen molar-refractivity contribution in [3.05, 3.63) is 72.3 Å². The van der Waals surface area contributed by atoms with Gasteiger partial charge in [0.25, 0.3) is 5.91 Å². The van der Waals surface area contributed by atoms with Gasteiger partial charge < -0.3 is 4.74 Å². The standard InChI is InChI=1S/C23H25N3O4S2/c1-30-19-9-6-16(7-10-19)15-31-20-13-22(23(27)25-24)26(14-20)32(28,29)21-11-8-17-4-2-3-5-18(17)12-21/h2-12,20,22H,13-15,24H2,1H3,(H,25,27)/t20-,22+/m1/s1. The number of hydrogen-bond donors (Lipinski definition) is 2. The zero-order chi connectivity index (χ0) is 22.7. The Morgan fingerprint density at radius 3 is 2.53 bits per heavy atom. The quantitative estimate of drug-likeness (QED) is 0.312. The monoisotopic (exact) mass is 471 g/mol. The second-order valence-electron chi connectivity index (χ2n) is 7.62. The molecule has 2 atom stereocenters. The average molecular weight is 472 g/mol. The van der Waals surface area contributed by atoms with Crippen LogP contribution in [0.15, 0.2) is 71.6 Å². The molecule has 0 spiro atoms. The first-order chi connectivity index (χ1) is 15.4. The number of fused-ring (bicyclic) bond motifs is 1. The van der Waals surface area contributed by atoms with Crippen LogP contribution in [0.3, 0.4) is 0 Å². The molecule has 1 saturated heterocycles. The van der Waals surface area contributed by atoms with Crippen molar-refractivity contribution < 1.29 is 17.9 Å². The van der Waals surface area contributed by atoms with Gasteiger partial charge in [0.15, 0.2) is 0 Å². The van der Waals surface area contributed by atoms with Gasteiger partial charge in [0.05, 0.1) is 12.0 Å². The first-order valence-electron chi connectivity index (χ1n) is 10.2. The summed E-state index contributed by atoms with van der Waals surface area (Å²) in [7, 11) is -2.25. The first kappa shape index (κ1) is 22.6. The molecule has 3 aromatic carbocycles. The van der Waals surface area contributed by atoms with E-state index in [9.17, 15) is 13.2 Å². The third-order valence-electron chi connectivity index (χ3n) is 5.63. The van der Waals surface area contributed by atoms with E-state index in [1.54, 1.807) is 37.1 Å². The van der Waals surface area contributed by atoms with E-state index in [2.05, 4.69) is 5.43 Å². The van der Waals surface area contributed by atoms with Crippen molar-refractivity contribution >= 4 is 38.5 Å². The Labute approximate surface area is 191 Å². The molecule has 0 bridgehead atoms. The summed E-state index contributed by atoms with van der Waals surface area (Å²) < 4.78 is 33.4. The fourth-order valence-corrected chi connectivity index (χ4v) is 6.87. The van der Waals surface area contributed by atoms with Crippen LogP contribution < -0.4 is 16.0 Å². The Hall–Kier alpha value is -2.59. The summed E-state index contributed by atoms with van der Waals surface area (Å²) in [5.41, 5.74) is 3.23. The molecule has 7 nitrogen and oxygen atoms in total. The molecule has 1 aliphatic heterocycles. The molecule has 9 heteroatoms. The highest BCUT2D eigenvalue weighted by Gasteiger charge is 2.44. The molecule has 3 aromatic rings. The van der Waals surface area contributed by atoms with E-state index in [1.807, 2.05) is 48.5 Å². The number of thioether (sulfide) groups is 1. The lowest BCUT2D eigenvalue weighted by Gasteiger charge is -2.22. The summed E-state index contributed by atoms with van der Waals surface area (Å²) in [4.78, 5) is 12.6. The van der Waals surface area contributed by atoms with Crippen LogP contribution in [-0.4, -0.2) is 43.6 Å². The third kappa shape index (κ3) is 4.61. The van der Waals surface area contributed by atoms with Gasteiger partial charge in [-0.3, -0.25) is 10.2 Å². The zero-order valence-corrected chi connectivity index (χ0v) is 19.2. The maximum absolute atomic E-state index is 13.5. The number of benzene rings is 3. The van der Waals surface area contributed by atoms with Gasteiger partial charge in [0.1, 0.15) is 11.8 Å². The summed E-state index contributed by atoms with van der Waals surface area (Å²) in [5, 5.41) is 1.75. The van der Waals surface area contributed by atoms with Crippen LogP contribution >= 0.6 is 11.8 Å². The molecular weight excluding hydrogens is 446 g/mol. The Morgan fingerprint density at radius 1 is 1.12 bits per heavy atom. The van der Waals surface area contributed by atoms with Crippen LogP contribution in [0.2, 0.25) is 0 Å². The molecular formula is C23H25N3O4S2. The van der Waals surface area contributed by atoms with E-state index in [1.165, 1.54) is 4.31 Å². The number of nitrogens with two attached hydrogens (primary N) is 1. The SMILES string of the molecule is COc1ccc(CS[C@@H]2C[C@@H](C(=O)NN)N(S(=O)(=O)c3ccc4ccccc4c3)C2)cc1. The van der Waals surface area contributed by atoms with E-state index in [0.29, 0.717) is 12.2 Å². The Morgan fingerprint density at radius 2 is 1.84 bits per heavy atom. The van der Waals surface area contributed by atoms with Crippen LogP contribution in [-0.2, 0) is 20.6 Å². The van der Waals surface area contributed by atoms with E-state index in [4.69, 9.17) is 10.6 Å². The molecule has 1 heterocycles. The van der Waals surface area contributed by atoms with Crippen molar-refractivity contribution in [3.8, 4) is 5.75 Å². The minimum Gasteiger partial charge on any atom is -0.497 e. The number of nitrogens with one attached hydrogen (secondary N) is 1. The van der Waals surface area contributed by atoms with Crippen molar-refractivity contribution in [3.63, 3.8) is 0 Å². The topological polar surface area (TPSA) is 102 Å². The molecule has 0 unspecified atom stereocenters. The molecule has 0 aromatic heterocycles. The molecule has 1 fully saturated rings. The van der Waals surface area contributed by atoms with Gasteiger partial charge in [0, 0.05) is 17.5 Å². The molecule has 4 rings (SSSR count). The van der Waals surface area contributed by atoms with Crippen molar-refractivity contribution in [2.75, 3.05) is 13.7 Å². The molecule has 0 radical (unpaired) electrons. The minimum atomic E-state index is -3.87. The maximum atomic E-state index is 13.5. The Balaban J connectivity index is 1.55. The highest BCUT2D eigenvalue weighted by Crippen LogP contribution is 2.34. The van der Waals surface area contributed by atoms with Crippen molar-refractivity contribution in [2.24, 2.45) is 5.84 Å². The lowest BCUT2D eigenvalue weighted by Crippen LogP contribution is -2.47. The lowest BCUT2D eigenvalue weighted by atomic mass is 10.1. The molecule has 0 saturated carbocycles. The molecule has 168 valence electrons. The van der Waals surface area contributed by atoms with Crippen LogP contribution in [0.25, 0.3) is 10.8 Å². The zero-order valence-electron chi connectivity index (χ0n) is 17.6. The van der Waals surface area contributed by atoms with Gasteiger partial charge in [-0.05, 0) is 47.0 Å². The number of hydrogen-bond acceptors (Lipinski definition) is 6. The third-order valence-corrected chi connectivity index (χ3v) is 8.82. The maximum Gasteiger partial charge on any atom is 0.252 e. The number of amides is 1. The summed E-state index contributed by atoms with van der Waals surface area (Å²) in [5.74, 6) is 6.36. The summed E-state index contributed by atoms with van der Waals surface area (Å²) in [6, 6.07) is 19.5. The number of ether oxygens (including phenoxy) is 1. The number of sulfonamides is 1. The second kappa shape index (κ2) is 9.50. The highest BCUT2D eigenvalue weighted by atomic mass is 32.2. The molecule has 3 N–H and O–H groups in total. The van der Waals surface area contributed by atoms with Crippen LogP contribution in [0.4, 0.5) is 0 Å².